The minimum atomic E-state index is -0.349. The standard InChI is InChI=1S/C20H15FN2/c1-2-10-23-14-17(19-8-3-4-9-20(19)23)11-16(13-22)15-6-5-7-18(21)12-15/h2-9,11-12,14H,1,10H2/b16-11+. The Balaban J connectivity index is 2.16. The van der Waals surface area contributed by atoms with Gasteiger partial charge < -0.3 is 4.57 Å². The largest absolute Gasteiger partial charge is 0.343 e. The van der Waals surface area contributed by atoms with Crippen molar-refractivity contribution in [3.05, 3.63) is 84.3 Å². The minimum absolute atomic E-state index is 0.349. The fraction of sp³-hybridized carbons (Fsp3) is 0.0500. The third-order valence-corrected chi connectivity index (χ3v) is 3.70. The lowest BCUT2D eigenvalue weighted by atomic mass is 10.0. The predicted molar refractivity (Wildman–Crippen MR) is 92.0 cm³/mol. The number of aromatic nitrogens is 1. The number of hydrogen-bond acceptors (Lipinski definition) is 1. The van der Waals surface area contributed by atoms with Crippen LogP contribution in [0.3, 0.4) is 0 Å². The molecule has 23 heavy (non-hydrogen) atoms. The normalized spacial score (nSPS) is 11.4. The van der Waals surface area contributed by atoms with Crippen molar-refractivity contribution >= 4 is 22.6 Å². The van der Waals surface area contributed by atoms with Crippen molar-refractivity contribution in [2.45, 2.75) is 6.54 Å². The van der Waals surface area contributed by atoms with Gasteiger partial charge in [0, 0.05) is 29.2 Å². The summed E-state index contributed by atoms with van der Waals surface area (Å²) < 4.78 is 15.5. The molecule has 3 rings (SSSR count). The maximum absolute atomic E-state index is 13.4. The highest BCUT2D eigenvalue weighted by molar-refractivity contribution is 5.98. The van der Waals surface area contributed by atoms with Gasteiger partial charge in [-0.3, -0.25) is 0 Å². The number of benzene rings is 2. The van der Waals surface area contributed by atoms with E-state index in [0.717, 1.165) is 16.5 Å². The molecule has 1 aromatic heterocycles. The van der Waals surface area contributed by atoms with E-state index in [0.29, 0.717) is 17.7 Å². The quantitative estimate of drug-likeness (QED) is 0.491. The number of hydrogen-bond donors (Lipinski definition) is 0. The van der Waals surface area contributed by atoms with E-state index in [9.17, 15) is 9.65 Å². The molecule has 0 amide bonds. The molecule has 0 radical (unpaired) electrons. The molecule has 0 saturated carbocycles. The van der Waals surface area contributed by atoms with Crippen molar-refractivity contribution in [2.75, 3.05) is 0 Å². The van der Waals surface area contributed by atoms with Crippen LogP contribution in [0.25, 0.3) is 22.6 Å². The lowest BCUT2D eigenvalue weighted by Crippen LogP contribution is -1.91. The summed E-state index contributed by atoms with van der Waals surface area (Å²) in [6.07, 6.45) is 5.62. The monoisotopic (exact) mass is 302 g/mol. The van der Waals surface area contributed by atoms with Crippen LogP contribution in [0, 0.1) is 17.1 Å². The molecule has 0 saturated heterocycles. The van der Waals surface area contributed by atoms with Crippen molar-refractivity contribution in [1.29, 1.82) is 5.26 Å². The summed E-state index contributed by atoms with van der Waals surface area (Å²) in [6, 6.07) is 16.2. The van der Waals surface area contributed by atoms with E-state index in [1.54, 1.807) is 18.2 Å². The number of rotatable bonds is 4. The SMILES string of the molecule is C=CCn1cc(/C=C(\C#N)c2cccc(F)c2)c2ccccc21. The maximum Gasteiger partial charge on any atom is 0.123 e. The minimum Gasteiger partial charge on any atom is -0.343 e. The number of halogens is 1. The Morgan fingerprint density at radius 2 is 2.04 bits per heavy atom. The van der Waals surface area contributed by atoms with Crippen LogP contribution in [0.15, 0.2) is 67.4 Å². The van der Waals surface area contributed by atoms with Crippen LogP contribution in [-0.4, -0.2) is 4.57 Å². The zero-order chi connectivity index (χ0) is 16.2. The fourth-order valence-electron chi connectivity index (χ4n) is 2.67. The molecule has 1 heterocycles. The van der Waals surface area contributed by atoms with Crippen LogP contribution < -0.4 is 0 Å². The fourth-order valence-corrected chi connectivity index (χ4v) is 2.67. The molecule has 2 aromatic carbocycles. The average Bonchev–Trinajstić information content (AvgIpc) is 2.91. The first-order valence-corrected chi connectivity index (χ1v) is 7.29. The van der Waals surface area contributed by atoms with Crippen LogP contribution >= 0.6 is 0 Å². The van der Waals surface area contributed by atoms with Crippen LogP contribution in [-0.2, 0) is 6.54 Å². The van der Waals surface area contributed by atoms with E-state index in [4.69, 9.17) is 0 Å². The van der Waals surface area contributed by atoms with Gasteiger partial charge in [-0.25, -0.2) is 4.39 Å². The van der Waals surface area contributed by atoms with Crippen LogP contribution in [0.5, 0.6) is 0 Å². The topological polar surface area (TPSA) is 28.7 Å². The summed E-state index contributed by atoms with van der Waals surface area (Å²) >= 11 is 0. The summed E-state index contributed by atoms with van der Waals surface area (Å²) in [7, 11) is 0. The van der Waals surface area contributed by atoms with Gasteiger partial charge in [-0.1, -0.05) is 36.4 Å². The molecule has 2 nitrogen and oxygen atoms in total. The molecule has 0 atom stereocenters. The smallest absolute Gasteiger partial charge is 0.123 e. The highest BCUT2D eigenvalue weighted by Crippen LogP contribution is 2.26. The second kappa shape index (κ2) is 6.33. The van der Waals surface area contributed by atoms with Gasteiger partial charge in [-0.05, 0) is 29.8 Å². The van der Waals surface area contributed by atoms with Crippen molar-refractivity contribution in [3.8, 4) is 6.07 Å². The van der Waals surface area contributed by atoms with E-state index in [1.807, 2.05) is 36.5 Å². The molecule has 0 bridgehead atoms. The average molecular weight is 302 g/mol. The second-order valence-electron chi connectivity index (χ2n) is 5.22. The highest BCUT2D eigenvalue weighted by Gasteiger charge is 2.08. The Kier molecular flexibility index (Phi) is 4.07. The van der Waals surface area contributed by atoms with Gasteiger partial charge in [0.25, 0.3) is 0 Å². The van der Waals surface area contributed by atoms with Gasteiger partial charge in [-0.2, -0.15) is 5.26 Å². The number of nitrogens with zero attached hydrogens (tertiary/aromatic N) is 2. The Morgan fingerprint density at radius 3 is 2.78 bits per heavy atom. The zero-order valence-electron chi connectivity index (χ0n) is 12.5. The van der Waals surface area contributed by atoms with Crippen molar-refractivity contribution in [2.24, 2.45) is 0 Å². The summed E-state index contributed by atoms with van der Waals surface area (Å²) in [5.74, 6) is -0.349. The molecular weight excluding hydrogens is 287 g/mol. The molecule has 112 valence electrons. The third kappa shape index (κ3) is 2.93. The summed E-state index contributed by atoms with van der Waals surface area (Å²) in [5, 5.41) is 10.5. The summed E-state index contributed by atoms with van der Waals surface area (Å²) in [4.78, 5) is 0. The summed E-state index contributed by atoms with van der Waals surface area (Å²) in [6.45, 7) is 4.47. The predicted octanol–water partition coefficient (Wildman–Crippen LogP) is 5.03. The van der Waals surface area contributed by atoms with E-state index >= 15 is 0 Å². The Bertz CT molecular complexity index is 942. The van der Waals surface area contributed by atoms with E-state index in [2.05, 4.69) is 17.2 Å². The molecule has 3 heteroatoms. The van der Waals surface area contributed by atoms with Gasteiger partial charge in [0.1, 0.15) is 5.82 Å². The molecule has 3 aromatic rings. The zero-order valence-corrected chi connectivity index (χ0v) is 12.5. The van der Waals surface area contributed by atoms with Gasteiger partial charge in [0.15, 0.2) is 0 Å². The lowest BCUT2D eigenvalue weighted by Gasteiger charge is -1.99. The van der Waals surface area contributed by atoms with Crippen LogP contribution in [0.4, 0.5) is 4.39 Å². The van der Waals surface area contributed by atoms with Crippen LogP contribution in [0.1, 0.15) is 11.1 Å². The third-order valence-electron chi connectivity index (χ3n) is 3.70. The molecule has 0 unspecified atom stereocenters. The second-order valence-corrected chi connectivity index (χ2v) is 5.22. The Morgan fingerprint density at radius 1 is 1.22 bits per heavy atom. The first kappa shape index (κ1) is 14.8. The lowest BCUT2D eigenvalue weighted by molar-refractivity contribution is 0.627. The highest BCUT2D eigenvalue weighted by atomic mass is 19.1. The van der Waals surface area contributed by atoms with Crippen LogP contribution in [0.2, 0.25) is 0 Å². The summed E-state index contributed by atoms with van der Waals surface area (Å²) in [5.41, 5.74) is 3.03. The van der Waals surface area contributed by atoms with Crippen molar-refractivity contribution < 1.29 is 4.39 Å². The van der Waals surface area contributed by atoms with Gasteiger partial charge in [-0.15, -0.1) is 6.58 Å². The van der Waals surface area contributed by atoms with E-state index in [1.165, 1.54) is 12.1 Å². The molecule has 0 aliphatic heterocycles. The first-order valence-electron chi connectivity index (χ1n) is 7.29. The number of nitriles is 1. The number of para-hydroxylation sites is 1. The van der Waals surface area contributed by atoms with Gasteiger partial charge in [0.05, 0.1) is 11.6 Å². The molecule has 0 aliphatic carbocycles. The molecular formula is C20H15FN2. The van der Waals surface area contributed by atoms with E-state index < -0.39 is 0 Å². The Labute approximate surface area is 134 Å². The molecule has 0 N–H and O–H groups in total. The van der Waals surface area contributed by atoms with Gasteiger partial charge in [0.2, 0.25) is 0 Å². The van der Waals surface area contributed by atoms with E-state index in [-0.39, 0.29) is 5.82 Å². The number of allylic oxidation sites excluding steroid dienone is 2. The molecule has 0 fully saturated rings. The van der Waals surface area contributed by atoms with Crippen molar-refractivity contribution in [1.82, 2.24) is 4.57 Å². The number of fused-ring (bicyclic) bond motifs is 1. The van der Waals surface area contributed by atoms with Crippen molar-refractivity contribution in [3.63, 3.8) is 0 Å². The first-order chi connectivity index (χ1) is 11.2. The molecule has 0 aliphatic rings. The maximum atomic E-state index is 13.4. The van der Waals surface area contributed by atoms with Gasteiger partial charge >= 0.3 is 0 Å². The molecule has 0 spiro atoms. The Hall–Kier alpha value is -3.12.